The third kappa shape index (κ3) is 9.63. The standard InChI is InChI=1S/C27H29ClN6O4.ClH/c1-27(2,3)38-26(36)34(17-19-7-5-6-8-23(19)37-4)12-11-18-9-10-20(13-22(18)28)32-25(35)33-24-16-30-21(14-29)15-31-24;/h5-10,13,15-16H,11-12,17H2,1-4H3,(H2,31,32,33,35);1H. The number of para-hydroxylation sites is 1. The Kier molecular flexibility index (Phi) is 11.3. The lowest BCUT2D eigenvalue weighted by Crippen LogP contribution is -2.37. The van der Waals surface area contributed by atoms with Crippen molar-refractivity contribution in [2.75, 3.05) is 24.3 Å². The summed E-state index contributed by atoms with van der Waals surface area (Å²) in [4.78, 5) is 34.7. The topological polar surface area (TPSA) is 129 Å². The molecule has 10 nitrogen and oxygen atoms in total. The van der Waals surface area contributed by atoms with Crippen molar-refractivity contribution in [2.24, 2.45) is 0 Å². The van der Waals surface area contributed by atoms with Crippen LogP contribution in [0.5, 0.6) is 5.75 Å². The van der Waals surface area contributed by atoms with Crippen molar-refractivity contribution in [3.8, 4) is 11.8 Å². The first-order valence-electron chi connectivity index (χ1n) is 11.8. The van der Waals surface area contributed by atoms with E-state index in [2.05, 4.69) is 20.6 Å². The molecule has 0 aliphatic heterocycles. The molecule has 0 saturated carbocycles. The van der Waals surface area contributed by atoms with Crippen LogP contribution in [-0.4, -0.2) is 46.2 Å². The van der Waals surface area contributed by atoms with Gasteiger partial charge in [0.1, 0.15) is 17.4 Å². The number of ether oxygens (including phenoxy) is 2. The van der Waals surface area contributed by atoms with Gasteiger partial charge < -0.3 is 19.7 Å². The number of nitrogens with one attached hydrogen (secondary N) is 2. The van der Waals surface area contributed by atoms with Crippen LogP contribution in [0.15, 0.2) is 54.9 Å². The molecular formula is C27H30Cl2N6O4. The molecule has 0 bridgehead atoms. The molecule has 39 heavy (non-hydrogen) atoms. The molecule has 0 unspecified atom stereocenters. The van der Waals surface area contributed by atoms with Crippen LogP contribution in [0, 0.1) is 11.3 Å². The van der Waals surface area contributed by atoms with Crippen LogP contribution in [0.1, 0.15) is 37.6 Å². The quantitative estimate of drug-likeness (QED) is 0.335. The van der Waals surface area contributed by atoms with Crippen molar-refractivity contribution in [3.05, 3.63) is 76.7 Å². The number of benzene rings is 2. The molecule has 1 heterocycles. The van der Waals surface area contributed by atoms with Gasteiger partial charge in [-0.25, -0.2) is 19.6 Å². The molecule has 12 heteroatoms. The van der Waals surface area contributed by atoms with Crippen LogP contribution in [-0.2, 0) is 17.7 Å². The van der Waals surface area contributed by atoms with Crippen LogP contribution in [0.25, 0.3) is 0 Å². The highest BCUT2D eigenvalue weighted by molar-refractivity contribution is 6.31. The van der Waals surface area contributed by atoms with E-state index in [-0.39, 0.29) is 23.9 Å². The number of methoxy groups -OCH3 is 1. The Morgan fingerprint density at radius 3 is 2.44 bits per heavy atom. The van der Waals surface area contributed by atoms with E-state index in [1.54, 1.807) is 30.2 Å². The molecule has 0 spiro atoms. The first-order valence-corrected chi connectivity index (χ1v) is 12.1. The van der Waals surface area contributed by atoms with Crippen LogP contribution >= 0.6 is 24.0 Å². The maximum atomic E-state index is 13.0. The Morgan fingerprint density at radius 2 is 1.82 bits per heavy atom. The minimum absolute atomic E-state index is 0. The summed E-state index contributed by atoms with van der Waals surface area (Å²) >= 11 is 6.50. The van der Waals surface area contributed by atoms with Gasteiger partial charge in [0.05, 0.1) is 26.0 Å². The fraction of sp³-hybridized carbons (Fsp3) is 0.296. The summed E-state index contributed by atoms with van der Waals surface area (Å²) in [6.45, 7) is 6.10. The highest BCUT2D eigenvalue weighted by atomic mass is 35.5. The van der Waals surface area contributed by atoms with Crippen LogP contribution < -0.4 is 15.4 Å². The number of nitrogens with zero attached hydrogens (tertiary/aromatic N) is 4. The fourth-order valence-electron chi connectivity index (χ4n) is 3.41. The third-order valence-corrected chi connectivity index (χ3v) is 5.53. The molecule has 3 rings (SSSR count). The van der Waals surface area contributed by atoms with E-state index in [9.17, 15) is 9.59 Å². The summed E-state index contributed by atoms with van der Waals surface area (Å²) in [5.74, 6) is 0.876. The van der Waals surface area contributed by atoms with Crippen molar-refractivity contribution in [3.63, 3.8) is 0 Å². The Morgan fingerprint density at radius 1 is 1.08 bits per heavy atom. The Bertz CT molecular complexity index is 1320. The lowest BCUT2D eigenvalue weighted by atomic mass is 10.1. The van der Waals surface area contributed by atoms with Crippen molar-refractivity contribution in [2.45, 2.75) is 39.3 Å². The van der Waals surface area contributed by atoms with Gasteiger partial charge in [0.2, 0.25) is 0 Å². The van der Waals surface area contributed by atoms with Gasteiger partial charge in [0.15, 0.2) is 11.5 Å². The number of carbonyl (C=O) groups excluding carboxylic acids is 2. The summed E-state index contributed by atoms with van der Waals surface area (Å²) in [5, 5.41) is 14.4. The van der Waals surface area contributed by atoms with E-state index < -0.39 is 17.7 Å². The van der Waals surface area contributed by atoms with Gasteiger partial charge in [-0.1, -0.05) is 35.9 Å². The highest BCUT2D eigenvalue weighted by Crippen LogP contribution is 2.24. The normalized spacial score (nSPS) is 10.5. The molecule has 206 valence electrons. The number of amides is 3. The van der Waals surface area contributed by atoms with Crippen LogP contribution in [0.2, 0.25) is 5.02 Å². The SMILES string of the molecule is COc1ccccc1CN(CCc1ccc(NC(=O)Nc2cnc(C#N)cn2)cc1Cl)C(=O)OC(C)(C)C.Cl. The largest absolute Gasteiger partial charge is 0.496 e. The molecule has 0 aliphatic carbocycles. The molecule has 2 N–H and O–H groups in total. The summed E-state index contributed by atoms with van der Waals surface area (Å²) < 4.78 is 11.1. The Hall–Kier alpha value is -4.07. The van der Waals surface area contributed by atoms with Crippen LogP contribution in [0.3, 0.4) is 0 Å². The number of carbonyl (C=O) groups is 2. The molecular weight excluding hydrogens is 543 g/mol. The average molecular weight is 573 g/mol. The maximum Gasteiger partial charge on any atom is 0.410 e. The van der Waals surface area contributed by atoms with Gasteiger partial charge in [-0.3, -0.25) is 5.32 Å². The van der Waals surface area contributed by atoms with Gasteiger partial charge in [-0.15, -0.1) is 12.4 Å². The second kappa shape index (κ2) is 14.2. The van der Waals surface area contributed by atoms with Crippen molar-refractivity contribution in [1.82, 2.24) is 14.9 Å². The molecule has 0 radical (unpaired) electrons. The predicted molar refractivity (Wildman–Crippen MR) is 151 cm³/mol. The molecule has 1 aromatic heterocycles. The number of rotatable bonds is 8. The molecule has 2 aromatic carbocycles. The maximum absolute atomic E-state index is 13.0. The number of anilines is 2. The van der Waals surface area contributed by atoms with E-state index in [4.69, 9.17) is 26.3 Å². The second-order valence-electron chi connectivity index (χ2n) is 9.25. The zero-order valence-electron chi connectivity index (χ0n) is 22.0. The average Bonchev–Trinajstić information content (AvgIpc) is 2.87. The van der Waals surface area contributed by atoms with E-state index in [1.165, 1.54) is 12.4 Å². The zero-order valence-corrected chi connectivity index (χ0v) is 23.6. The van der Waals surface area contributed by atoms with Crippen molar-refractivity contribution >= 4 is 47.6 Å². The summed E-state index contributed by atoms with van der Waals surface area (Å²) in [5.41, 5.74) is 1.61. The summed E-state index contributed by atoms with van der Waals surface area (Å²) in [7, 11) is 1.59. The first-order chi connectivity index (χ1) is 18.1. The number of hydrogen-bond donors (Lipinski definition) is 2. The third-order valence-electron chi connectivity index (χ3n) is 5.18. The number of halogens is 2. The zero-order chi connectivity index (χ0) is 27.7. The molecule has 3 amide bonds. The van der Waals surface area contributed by atoms with E-state index >= 15 is 0 Å². The van der Waals surface area contributed by atoms with E-state index in [0.29, 0.717) is 36.0 Å². The lowest BCUT2D eigenvalue weighted by Gasteiger charge is -2.28. The van der Waals surface area contributed by atoms with E-state index in [1.807, 2.05) is 51.1 Å². The molecule has 0 aliphatic rings. The molecule has 0 atom stereocenters. The number of aromatic nitrogens is 2. The monoisotopic (exact) mass is 572 g/mol. The Balaban J connectivity index is 0.00000533. The second-order valence-corrected chi connectivity index (χ2v) is 9.65. The van der Waals surface area contributed by atoms with Gasteiger partial charge in [-0.2, -0.15) is 5.26 Å². The van der Waals surface area contributed by atoms with Gasteiger partial charge in [0.25, 0.3) is 0 Å². The van der Waals surface area contributed by atoms with Crippen molar-refractivity contribution in [1.29, 1.82) is 5.26 Å². The number of nitriles is 1. The van der Waals surface area contributed by atoms with Crippen molar-refractivity contribution < 1.29 is 19.1 Å². The smallest absolute Gasteiger partial charge is 0.410 e. The molecule has 0 fully saturated rings. The molecule has 3 aromatic rings. The van der Waals surface area contributed by atoms with Gasteiger partial charge in [-0.05, 0) is 51.0 Å². The van der Waals surface area contributed by atoms with Crippen LogP contribution in [0.4, 0.5) is 21.1 Å². The highest BCUT2D eigenvalue weighted by Gasteiger charge is 2.23. The minimum atomic E-state index is -0.648. The summed E-state index contributed by atoms with van der Waals surface area (Å²) in [6.07, 6.45) is 2.56. The predicted octanol–water partition coefficient (Wildman–Crippen LogP) is 6.06. The number of hydrogen-bond acceptors (Lipinski definition) is 7. The van der Waals surface area contributed by atoms with E-state index in [0.717, 1.165) is 11.1 Å². The lowest BCUT2D eigenvalue weighted by molar-refractivity contribution is 0.0235. The molecule has 0 saturated heterocycles. The van der Waals surface area contributed by atoms with Gasteiger partial charge in [0, 0.05) is 22.8 Å². The first kappa shape index (κ1) is 31.1. The fourth-order valence-corrected chi connectivity index (χ4v) is 3.69. The Labute approximate surface area is 238 Å². The van der Waals surface area contributed by atoms with Gasteiger partial charge >= 0.3 is 12.1 Å². The number of urea groups is 1. The summed E-state index contributed by atoms with van der Waals surface area (Å²) in [6, 6.07) is 13.9. The minimum Gasteiger partial charge on any atom is -0.496 e.